The molecule has 28 heavy (non-hydrogen) atoms. The lowest BCUT2D eigenvalue weighted by molar-refractivity contribution is 0.596. The monoisotopic (exact) mass is 404 g/mol. The minimum Gasteiger partial charge on any atom is -0.246 e. The van der Waals surface area contributed by atoms with Crippen molar-refractivity contribution in [2.24, 2.45) is 0 Å². The van der Waals surface area contributed by atoms with Crippen LogP contribution in [0.4, 0.5) is 0 Å². The van der Waals surface area contributed by atoms with Crippen LogP contribution in [-0.4, -0.2) is 13.4 Å². The summed E-state index contributed by atoms with van der Waals surface area (Å²) in [7, 11) is -3.91. The van der Waals surface area contributed by atoms with Gasteiger partial charge in [-0.3, -0.25) is 0 Å². The van der Waals surface area contributed by atoms with Gasteiger partial charge in [0.15, 0.2) is 0 Å². The highest BCUT2D eigenvalue weighted by atomic mass is 35.5. The summed E-state index contributed by atoms with van der Waals surface area (Å²) in [6.45, 7) is 0. The van der Waals surface area contributed by atoms with Gasteiger partial charge in [0.1, 0.15) is 0 Å². The zero-order valence-corrected chi connectivity index (χ0v) is 16.1. The molecule has 0 saturated heterocycles. The fraction of sp³-hybridized carbons (Fsp3) is 0. The van der Waals surface area contributed by atoms with Crippen molar-refractivity contribution in [2.75, 3.05) is 0 Å². The highest BCUT2D eigenvalue weighted by molar-refractivity contribution is 7.91. The Morgan fingerprint density at radius 2 is 1.68 bits per heavy atom. The molecule has 0 bridgehead atoms. The normalized spacial score (nSPS) is 11.3. The van der Waals surface area contributed by atoms with Gasteiger partial charge in [-0.2, -0.15) is 5.26 Å². The van der Waals surface area contributed by atoms with E-state index in [1.54, 1.807) is 42.5 Å². The molecule has 0 aliphatic carbocycles. The molecule has 1 aromatic heterocycles. The van der Waals surface area contributed by atoms with Crippen molar-refractivity contribution in [2.45, 2.75) is 9.79 Å². The summed E-state index contributed by atoms with van der Waals surface area (Å²) in [6.07, 6.45) is 0. The zero-order valence-electron chi connectivity index (χ0n) is 14.5. The maximum atomic E-state index is 13.4. The second kappa shape index (κ2) is 7.08. The van der Waals surface area contributed by atoms with Crippen LogP contribution in [0.25, 0.3) is 22.2 Å². The van der Waals surface area contributed by atoms with Crippen molar-refractivity contribution < 1.29 is 8.42 Å². The Kier molecular flexibility index (Phi) is 4.60. The Balaban J connectivity index is 2.04. The molecule has 0 aliphatic heterocycles. The van der Waals surface area contributed by atoms with Gasteiger partial charge in [0, 0.05) is 16.0 Å². The van der Waals surface area contributed by atoms with E-state index in [1.165, 1.54) is 12.1 Å². The molecule has 0 amide bonds. The van der Waals surface area contributed by atoms with Crippen LogP contribution in [0.5, 0.6) is 0 Å². The van der Waals surface area contributed by atoms with Gasteiger partial charge < -0.3 is 0 Å². The van der Waals surface area contributed by atoms with Crippen molar-refractivity contribution >= 4 is 32.3 Å². The smallest absolute Gasteiger partial charge is 0.208 e. The number of aromatic nitrogens is 1. The average Bonchev–Trinajstić information content (AvgIpc) is 2.73. The third-order valence-electron chi connectivity index (χ3n) is 4.35. The molecule has 136 valence electrons. The maximum Gasteiger partial charge on any atom is 0.208 e. The van der Waals surface area contributed by atoms with E-state index in [1.807, 2.05) is 30.3 Å². The van der Waals surface area contributed by atoms with Crippen molar-refractivity contribution in [1.82, 2.24) is 4.98 Å². The van der Waals surface area contributed by atoms with E-state index in [2.05, 4.69) is 4.98 Å². The quantitative estimate of drug-likeness (QED) is 0.467. The van der Waals surface area contributed by atoms with Crippen LogP contribution >= 0.6 is 11.6 Å². The maximum absolute atomic E-state index is 13.4. The molecule has 0 aliphatic rings. The SMILES string of the molecule is N#Cc1cccc(S(=O)(=O)c2cc3ccccc3nc2-c2cccc(Cl)c2)c1. The number of hydrogen-bond donors (Lipinski definition) is 0. The molecular formula is C22H13ClN2O2S. The summed E-state index contributed by atoms with van der Waals surface area (Å²) >= 11 is 6.12. The number of nitriles is 1. The first-order valence-electron chi connectivity index (χ1n) is 8.40. The van der Waals surface area contributed by atoms with Gasteiger partial charge in [-0.15, -0.1) is 0 Å². The lowest BCUT2D eigenvalue weighted by atomic mass is 10.1. The predicted octanol–water partition coefficient (Wildman–Crippen LogP) is 5.26. The van der Waals surface area contributed by atoms with Gasteiger partial charge in [-0.1, -0.05) is 48.0 Å². The molecule has 4 aromatic rings. The molecule has 0 radical (unpaired) electrons. The predicted molar refractivity (Wildman–Crippen MR) is 109 cm³/mol. The third-order valence-corrected chi connectivity index (χ3v) is 6.35. The number of para-hydroxylation sites is 1. The molecule has 0 atom stereocenters. The summed E-state index contributed by atoms with van der Waals surface area (Å²) in [6, 6.07) is 23.8. The number of benzene rings is 3. The molecule has 0 saturated carbocycles. The van der Waals surface area contributed by atoms with E-state index in [0.717, 1.165) is 0 Å². The van der Waals surface area contributed by atoms with Crippen molar-refractivity contribution in [3.8, 4) is 17.3 Å². The Bertz CT molecular complexity index is 1360. The summed E-state index contributed by atoms with van der Waals surface area (Å²) in [5, 5.41) is 10.3. The number of rotatable bonds is 3. The van der Waals surface area contributed by atoms with E-state index < -0.39 is 9.84 Å². The van der Waals surface area contributed by atoms with Crippen LogP contribution in [0.15, 0.2) is 88.7 Å². The van der Waals surface area contributed by atoms with Crippen LogP contribution in [0.2, 0.25) is 5.02 Å². The van der Waals surface area contributed by atoms with Crippen molar-refractivity contribution in [1.29, 1.82) is 5.26 Å². The molecule has 4 rings (SSSR count). The third kappa shape index (κ3) is 3.24. The number of pyridine rings is 1. The molecule has 0 unspecified atom stereocenters. The van der Waals surface area contributed by atoms with Crippen LogP contribution in [0, 0.1) is 11.3 Å². The van der Waals surface area contributed by atoms with Crippen LogP contribution < -0.4 is 0 Å². The molecule has 4 nitrogen and oxygen atoms in total. The summed E-state index contributed by atoms with van der Waals surface area (Å²) in [5.41, 5.74) is 1.89. The minimum atomic E-state index is -3.91. The molecule has 1 heterocycles. The first kappa shape index (κ1) is 18.2. The van der Waals surface area contributed by atoms with Crippen molar-refractivity contribution in [3.05, 3.63) is 89.4 Å². The lowest BCUT2D eigenvalue weighted by Crippen LogP contribution is -2.06. The fourth-order valence-corrected chi connectivity index (χ4v) is 4.69. The number of fused-ring (bicyclic) bond motifs is 1. The van der Waals surface area contributed by atoms with Crippen LogP contribution in [0.3, 0.4) is 0 Å². The average molecular weight is 405 g/mol. The van der Waals surface area contributed by atoms with E-state index >= 15 is 0 Å². The standard InChI is InChI=1S/C22H13ClN2O2S/c23-18-8-4-7-17(12-18)22-21(13-16-6-1-2-10-20(16)25-22)28(26,27)19-9-3-5-15(11-19)14-24/h1-13H. The lowest BCUT2D eigenvalue weighted by Gasteiger charge is -2.12. The number of halogens is 1. The highest BCUT2D eigenvalue weighted by Crippen LogP contribution is 2.33. The minimum absolute atomic E-state index is 0.0481. The first-order chi connectivity index (χ1) is 13.5. The molecule has 6 heteroatoms. The largest absolute Gasteiger partial charge is 0.246 e. The van der Waals surface area contributed by atoms with Crippen LogP contribution in [0.1, 0.15) is 5.56 Å². The van der Waals surface area contributed by atoms with E-state index in [0.29, 0.717) is 27.2 Å². The van der Waals surface area contributed by atoms with Gasteiger partial charge >= 0.3 is 0 Å². The van der Waals surface area contributed by atoms with E-state index in [4.69, 9.17) is 16.9 Å². The Morgan fingerprint density at radius 1 is 0.893 bits per heavy atom. The second-order valence-corrected chi connectivity index (χ2v) is 8.54. The van der Waals surface area contributed by atoms with Gasteiger partial charge in [-0.25, -0.2) is 13.4 Å². The number of hydrogen-bond acceptors (Lipinski definition) is 4. The zero-order chi connectivity index (χ0) is 19.7. The van der Waals surface area contributed by atoms with Gasteiger partial charge in [0.2, 0.25) is 9.84 Å². The number of nitrogens with zero attached hydrogens (tertiary/aromatic N) is 2. The number of sulfone groups is 1. The van der Waals surface area contributed by atoms with Crippen molar-refractivity contribution in [3.63, 3.8) is 0 Å². The first-order valence-corrected chi connectivity index (χ1v) is 10.3. The summed E-state index contributed by atoms with van der Waals surface area (Å²) < 4.78 is 26.9. The highest BCUT2D eigenvalue weighted by Gasteiger charge is 2.24. The Hall–Kier alpha value is -3.20. The summed E-state index contributed by atoms with van der Waals surface area (Å²) in [5.74, 6) is 0. The molecule has 3 aromatic carbocycles. The van der Waals surface area contributed by atoms with E-state index in [-0.39, 0.29) is 15.4 Å². The molecule has 0 fully saturated rings. The van der Waals surface area contributed by atoms with Gasteiger partial charge in [-0.05, 0) is 42.5 Å². The van der Waals surface area contributed by atoms with Gasteiger partial charge in [0.25, 0.3) is 0 Å². The molecule has 0 N–H and O–H groups in total. The Labute approximate surface area is 167 Å². The fourth-order valence-electron chi connectivity index (χ4n) is 3.00. The van der Waals surface area contributed by atoms with Gasteiger partial charge in [0.05, 0.1) is 32.6 Å². The van der Waals surface area contributed by atoms with Crippen LogP contribution in [-0.2, 0) is 9.84 Å². The second-order valence-electron chi connectivity index (χ2n) is 6.18. The Morgan fingerprint density at radius 3 is 2.46 bits per heavy atom. The molecular weight excluding hydrogens is 392 g/mol. The summed E-state index contributed by atoms with van der Waals surface area (Å²) in [4.78, 5) is 4.74. The topological polar surface area (TPSA) is 70.8 Å². The molecule has 0 spiro atoms. The van der Waals surface area contributed by atoms with E-state index in [9.17, 15) is 8.42 Å².